The molecule has 0 spiro atoms. The van der Waals surface area contributed by atoms with Crippen LogP contribution in [0.15, 0.2) is 48.7 Å². The summed E-state index contributed by atoms with van der Waals surface area (Å²) in [6.07, 6.45) is 3.90. The smallest absolute Gasteiger partial charge is 0.256 e. The molecule has 138 valence electrons. The zero-order valence-electron chi connectivity index (χ0n) is 15.4. The van der Waals surface area contributed by atoms with Gasteiger partial charge in [-0.05, 0) is 38.1 Å². The van der Waals surface area contributed by atoms with Gasteiger partial charge in [-0.3, -0.25) is 9.20 Å². The SMILES string of the molecule is Cc1ccc(-c2nc3sc(C)cn3c2/C=C2/C(=O)Nc3ccc(O)cc32)cc1. The third kappa shape index (κ3) is 2.61. The minimum atomic E-state index is -0.183. The van der Waals surface area contributed by atoms with Gasteiger partial charge in [-0.1, -0.05) is 29.8 Å². The Morgan fingerprint density at radius 1 is 1.14 bits per heavy atom. The van der Waals surface area contributed by atoms with Crippen molar-refractivity contribution in [1.82, 2.24) is 9.38 Å². The number of anilines is 1. The van der Waals surface area contributed by atoms with Crippen molar-refractivity contribution in [2.75, 3.05) is 5.32 Å². The van der Waals surface area contributed by atoms with E-state index in [1.165, 1.54) is 5.56 Å². The fourth-order valence-electron chi connectivity index (χ4n) is 3.49. The maximum Gasteiger partial charge on any atom is 0.256 e. The maximum atomic E-state index is 12.6. The number of aromatic hydroxyl groups is 1. The molecule has 28 heavy (non-hydrogen) atoms. The molecule has 2 N–H and O–H groups in total. The predicted molar refractivity (Wildman–Crippen MR) is 113 cm³/mol. The highest BCUT2D eigenvalue weighted by atomic mass is 32.1. The molecule has 1 aliphatic heterocycles. The summed E-state index contributed by atoms with van der Waals surface area (Å²) in [4.78, 5) is 19.5. The summed E-state index contributed by atoms with van der Waals surface area (Å²) in [6.45, 7) is 4.09. The van der Waals surface area contributed by atoms with E-state index < -0.39 is 0 Å². The van der Waals surface area contributed by atoms with Crippen LogP contribution in [-0.2, 0) is 4.79 Å². The van der Waals surface area contributed by atoms with Gasteiger partial charge in [-0.25, -0.2) is 4.98 Å². The van der Waals surface area contributed by atoms with Crippen molar-refractivity contribution in [1.29, 1.82) is 0 Å². The monoisotopic (exact) mass is 387 g/mol. The summed E-state index contributed by atoms with van der Waals surface area (Å²) in [5.41, 5.74) is 5.78. The third-order valence-corrected chi connectivity index (χ3v) is 5.77. The molecule has 4 aromatic rings. The van der Waals surface area contributed by atoms with Crippen molar-refractivity contribution >= 4 is 39.5 Å². The third-order valence-electron chi connectivity index (χ3n) is 4.87. The standard InChI is InChI=1S/C22H17N3O2S/c1-12-3-5-14(6-4-12)20-19(25-11-13(2)28-22(25)24-20)10-17-16-9-15(26)7-8-18(16)23-21(17)27/h3-11,26H,1-2H3,(H,23,27)/b17-10+. The van der Waals surface area contributed by atoms with E-state index in [1.807, 2.05) is 42.7 Å². The molecule has 2 aromatic carbocycles. The Balaban J connectivity index is 1.76. The Morgan fingerprint density at radius 3 is 2.71 bits per heavy atom. The van der Waals surface area contributed by atoms with Gasteiger partial charge >= 0.3 is 0 Å². The number of phenolic OH excluding ortho intramolecular Hbond substituents is 1. The summed E-state index contributed by atoms with van der Waals surface area (Å²) >= 11 is 1.61. The van der Waals surface area contributed by atoms with Crippen LogP contribution in [0.25, 0.3) is 27.9 Å². The van der Waals surface area contributed by atoms with Crippen LogP contribution in [-0.4, -0.2) is 20.4 Å². The van der Waals surface area contributed by atoms with Gasteiger partial charge in [0.05, 0.1) is 17.0 Å². The molecule has 0 saturated carbocycles. The maximum absolute atomic E-state index is 12.6. The largest absolute Gasteiger partial charge is 0.508 e. The van der Waals surface area contributed by atoms with Crippen LogP contribution < -0.4 is 5.32 Å². The Kier molecular flexibility index (Phi) is 3.64. The molecule has 0 aliphatic carbocycles. The first-order chi connectivity index (χ1) is 13.5. The molecular formula is C22H17N3O2S. The minimum Gasteiger partial charge on any atom is -0.508 e. The normalized spacial score (nSPS) is 14.6. The number of amides is 1. The lowest BCUT2D eigenvalue weighted by Crippen LogP contribution is -2.04. The zero-order chi connectivity index (χ0) is 19.4. The van der Waals surface area contributed by atoms with Gasteiger partial charge in [-0.15, -0.1) is 11.3 Å². The summed E-state index contributed by atoms with van der Waals surface area (Å²) in [6, 6.07) is 13.1. The first kappa shape index (κ1) is 16.8. The number of hydrogen-bond acceptors (Lipinski definition) is 4. The molecule has 5 rings (SSSR count). The number of aryl methyl sites for hydroxylation is 2. The van der Waals surface area contributed by atoms with Crippen LogP contribution in [0.3, 0.4) is 0 Å². The van der Waals surface area contributed by atoms with Crippen LogP contribution in [0.1, 0.15) is 21.7 Å². The van der Waals surface area contributed by atoms with E-state index in [1.54, 1.807) is 29.5 Å². The number of carbonyl (C=O) groups excluding carboxylic acids is 1. The second-order valence-electron chi connectivity index (χ2n) is 6.95. The molecule has 0 bridgehead atoms. The molecule has 3 heterocycles. The van der Waals surface area contributed by atoms with Gasteiger partial charge in [0.1, 0.15) is 5.75 Å². The van der Waals surface area contributed by atoms with E-state index in [2.05, 4.69) is 17.4 Å². The lowest BCUT2D eigenvalue weighted by molar-refractivity contribution is -0.110. The van der Waals surface area contributed by atoms with Crippen LogP contribution in [0.5, 0.6) is 5.75 Å². The van der Waals surface area contributed by atoms with Gasteiger partial charge in [0.2, 0.25) is 0 Å². The second kappa shape index (κ2) is 6.07. The number of nitrogens with zero attached hydrogens (tertiary/aromatic N) is 2. The van der Waals surface area contributed by atoms with E-state index in [9.17, 15) is 9.90 Å². The van der Waals surface area contributed by atoms with E-state index in [-0.39, 0.29) is 11.7 Å². The average molecular weight is 387 g/mol. The fraction of sp³-hybridized carbons (Fsp3) is 0.0909. The molecule has 0 radical (unpaired) electrons. The average Bonchev–Trinajstić information content (AvgIpc) is 3.28. The number of aromatic nitrogens is 2. The Labute approximate surface area is 165 Å². The molecular weight excluding hydrogens is 370 g/mol. The quantitative estimate of drug-likeness (QED) is 0.381. The van der Waals surface area contributed by atoms with Crippen LogP contribution in [0, 0.1) is 13.8 Å². The van der Waals surface area contributed by atoms with Crippen molar-refractivity contribution in [3.63, 3.8) is 0 Å². The van der Waals surface area contributed by atoms with Crippen LogP contribution in [0.4, 0.5) is 5.69 Å². The highest BCUT2D eigenvalue weighted by molar-refractivity contribution is 7.17. The van der Waals surface area contributed by atoms with E-state index in [0.29, 0.717) is 16.8 Å². The van der Waals surface area contributed by atoms with Crippen molar-refractivity contribution < 1.29 is 9.90 Å². The number of benzene rings is 2. The van der Waals surface area contributed by atoms with Crippen molar-refractivity contribution in [3.8, 4) is 17.0 Å². The number of imidazole rings is 1. The van der Waals surface area contributed by atoms with Gasteiger partial charge in [0.25, 0.3) is 5.91 Å². The molecule has 0 fully saturated rings. The fourth-order valence-corrected chi connectivity index (χ4v) is 4.32. The second-order valence-corrected chi connectivity index (χ2v) is 8.16. The number of fused-ring (bicyclic) bond motifs is 2. The minimum absolute atomic E-state index is 0.129. The molecule has 0 atom stereocenters. The zero-order valence-corrected chi connectivity index (χ0v) is 16.2. The first-order valence-electron chi connectivity index (χ1n) is 8.91. The molecule has 5 nitrogen and oxygen atoms in total. The van der Waals surface area contributed by atoms with Gasteiger partial charge in [0, 0.05) is 27.9 Å². The molecule has 1 aliphatic rings. The van der Waals surface area contributed by atoms with Crippen molar-refractivity contribution in [2.45, 2.75) is 13.8 Å². The van der Waals surface area contributed by atoms with Crippen LogP contribution >= 0.6 is 11.3 Å². The highest BCUT2D eigenvalue weighted by Crippen LogP contribution is 2.37. The van der Waals surface area contributed by atoms with Gasteiger partial charge < -0.3 is 10.4 Å². The Hall–Kier alpha value is -3.38. The van der Waals surface area contributed by atoms with E-state index in [4.69, 9.17) is 4.98 Å². The van der Waals surface area contributed by atoms with E-state index >= 15 is 0 Å². The number of rotatable bonds is 2. The molecule has 1 amide bonds. The molecule has 0 saturated heterocycles. The Bertz CT molecular complexity index is 1280. The molecule has 0 unspecified atom stereocenters. The number of nitrogens with one attached hydrogen (secondary N) is 1. The van der Waals surface area contributed by atoms with Crippen molar-refractivity contribution in [2.24, 2.45) is 0 Å². The van der Waals surface area contributed by atoms with Crippen molar-refractivity contribution in [3.05, 3.63) is 70.4 Å². The van der Waals surface area contributed by atoms with E-state index in [0.717, 1.165) is 26.8 Å². The Morgan fingerprint density at radius 2 is 1.93 bits per heavy atom. The molecule has 6 heteroatoms. The topological polar surface area (TPSA) is 66.6 Å². The summed E-state index contributed by atoms with van der Waals surface area (Å²) in [7, 11) is 0. The summed E-state index contributed by atoms with van der Waals surface area (Å²) < 4.78 is 2.02. The predicted octanol–water partition coefficient (Wildman–Crippen LogP) is 4.88. The lowest BCUT2D eigenvalue weighted by atomic mass is 10.0. The number of phenols is 1. The lowest BCUT2D eigenvalue weighted by Gasteiger charge is -2.03. The summed E-state index contributed by atoms with van der Waals surface area (Å²) in [5, 5.41) is 12.7. The number of carbonyl (C=O) groups is 1. The number of hydrogen-bond donors (Lipinski definition) is 2. The first-order valence-corrected chi connectivity index (χ1v) is 9.73. The van der Waals surface area contributed by atoms with Gasteiger partial charge in [-0.2, -0.15) is 0 Å². The number of thiazole rings is 1. The highest BCUT2D eigenvalue weighted by Gasteiger charge is 2.26. The van der Waals surface area contributed by atoms with Gasteiger partial charge in [0.15, 0.2) is 4.96 Å². The summed E-state index contributed by atoms with van der Waals surface area (Å²) in [5.74, 6) is -0.0536. The van der Waals surface area contributed by atoms with Crippen LogP contribution in [0.2, 0.25) is 0 Å². The molecule has 2 aromatic heterocycles.